The fourth-order valence-corrected chi connectivity index (χ4v) is 4.61. The SMILES string of the molecule is CCCNCCOCCO[C@H]1CC[C@H](C(=O)C(C(=O)O)c2c(C)cc(C)cc2C)CC1. The number of Topliss-reactive ketones (excluding diaryl/α,β-unsaturated/α-hetero) is 1. The molecule has 1 atom stereocenters. The maximum Gasteiger partial charge on any atom is 0.318 e. The minimum Gasteiger partial charge on any atom is -0.480 e. The largest absolute Gasteiger partial charge is 0.480 e. The molecule has 174 valence electrons. The van der Waals surface area contributed by atoms with Crippen molar-refractivity contribution in [3.05, 3.63) is 34.4 Å². The molecule has 0 aromatic heterocycles. The maximum atomic E-state index is 13.2. The molecule has 0 radical (unpaired) electrons. The number of nitrogens with one attached hydrogen (secondary N) is 1. The first-order chi connectivity index (χ1) is 14.8. The van der Waals surface area contributed by atoms with Gasteiger partial charge in [0.05, 0.1) is 25.9 Å². The molecule has 2 rings (SSSR count). The van der Waals surface area contributed by atoms with Crippen LogP contribution in [0, 0.1) is 26.7 Å². The number of aliphatic carboxylic acids is 1. The van der Waals surface area contributed by atoms with E-state index in [1.807, 2.05) is 32.9 Å². The Bertz CT molecular complexity index is 702. The Kier molecular flexibility index (Phi) is 10.6. The number of hydrogen-bond donors (Lipinski definition) is 2. The van der Waals surface area contributed by atoms with E-state index >= 15 is 0 Å². The highest BCUT2D eigenvalue weighted by Gasteiger charge is 2.37. The fourth-order valence-electron chi connectivity index (χ4n) is 4.61. The minimum absolute atomic E-state index is 0.122. The fraction of sp³-hybridized carbons (Fsp3) is 0.680. The lowest BCUT2D eigenvalue weighted by molar-refractivity contribution is -0.144. The monoisotopic (exact) mass is 433 g/mol. The zero-order valence-corrected chi connectivity index (χ0v) is 19.5. The number of ether oxygens (including phenoxy) is 2. The molecule has 31 heavy (non-hydrogen) atoms. The Morgan fingerprint density at radius 1 is 1.03 bits per heavy atom. The van der Waals surface area contributed by atoms with Gasteiger partial charge < -0.3 is 19.9 Å². The van der Waals surface area contributed by atoms with Crippen LogP contribution in [0.15, 0.2) is 12.1 Å². The number of carbonyl (C=O) groups is 2. The third kappa shape index (κ3) is 7.70. The van der Waals surface area contributed by atoms with Crippen LogP contribution in [0.1, 0.15) is 67.2 Å². The van der Waals surface area contributed by atoms with Crippen molar-refractivity contribution in [2.24, 2.45) is 5.92 Å². The number of rotatable bonds is 13. The van der Waals surface area contributed by atoms with E-state index in [0.29, 0.717) is 38.2 Å². The molecule has 0 spiro atoms. The first-order valence-electron chi connectivity index (χ1n) is 11.6. The van der Waals surface area contributed by atoms with Crippen LogP contribution in [-0.2, 0) is 19.1 Å². The third-order valence-electron chi connectivity index (χ3n) is 6.07. The molecule has 6 nitrogen and oxygen atoms in total. The van der Waals surface area contributed by atoms with Crippen molar-refractivity contribution < 1.29 is 24.2 Å². The number of ketones is 1. The highest BCUT2D eigenvalue weighted by Crippen LogP contribution is 2.34. The Morgan fingerprint density at radius 3 is 2.26 bits per heavy atom. The predicted octanol–water partition coefficient (Wildman–Crippen LogP) is 3.94. The van der Waals surface area contributed by atoms with Crippen molar-refractivity contribution in [1.29, 1.82) is 0 Å². The van der Waals surface area contributed by atoms with Crippen molar-refractivity contribution >= 4 is 11.8 Å². The van der Waals surface area contributed by atoms with Gasteiger partial charge in [-0.2, -0.15) is 0 Å². The van der Waals surface area contributed by atoms with Crippen molar-refractivity contribution in [2.75, 3.05) is 32.9 Å². The molecule has 0 bridgehead atoms. The van der Waals surface area contributed by atoms with Crippen LogP contribution in [0.2, 0.25) is 0 Å². The van der Waals surface area contributed by atoms with Gasteiger partial charge >= 0.3 is 5.97 Å². The summed E-state index contributed by atoms with van der Waals surface area (Å²) in [5.74, 6) is -2.52. The Hall–Kier alpha value is -1.76. The van der Waals surface area contributed by atoms with E-state index in [9.17, 15) is 14.7 Å². The minimum atomic E-state index is -1.09. The second-order valence-corrected chi connectivity index (χ2v) is 8.69. The lowest BCUT2D eigenvalue weighted by atomic mass is 9.76. The van der Waals surface area contributed by atoms with Crippen LogP contribution in [0.5, 0.6) is 0 Å². The molecule has 1 aromatic carbocycles. The number of carbonyl (C=O) groups excluding carboxylic acids is 1. The van der Waals surface area contributed by atoms with Crippen LogP contribution in [0.4, 0.5) is 0 Å². The van der Waals surface area contributed by atoms with Crippen LogP contribution < -0.4 is 5.32 Å². The molecule has 1 fully saturated rings. The Morgan fingerprint density at radius 2 is 1.68 bits per heavy atom. The molecule has 0 saturated heterocycles. The van der Waals surface area contributed by atoms with E-state index in [0.717, 1.165) is 49.0 Å². The third-order valence-corrected chi connectivity index (χ3v) is 6.07. The van der Waals surface area contributed by atoms with Crippen molar-refractivity contribution in [3.8, 4) is 0 Å². The summed E-state index contributed by atoms with van der Waals surface area (Å²) in [7, 11) is 0. The number of benzene rings is 1. The van der Waals surface area contributed by atoms with Crippen molar-refractivity contribution in [1.82, 2.24) is 5.32 Å². The number of carboxylic acid groups (broad SMARTS) is 1. The summed E-state index contributed by atoms with van der Waals surface area (Å²) in [5, 5.41) is 13.2. The quantitative estimate of drug-likeness (QED) is 0.362. The zero-order valence-electron chi connectivity index (χ0n) is 19.5. The molecular weight excluding hydrogens is 394 g/mol. The van der Waals surface area contributed by atoms with Crippen LogP contribution >= 0.6 is 0 Å². The van der Waals surface area contributed by atoms with E-state index in [1.54, 1.807) is 0 Å². The second kappa shape index (κ2) is 12.9. The van der Waals surface area contributed by atoms with Crippen LogP contribution in [-0.4, -0.2) is 55.9 Å². The lowest BCUT2D eigenvalue weighted by Gasteiger charge is -2.30. The molecule has 2 N–H and O–H groups in total. The summed E-state index contributed by atoms with van der Waals surface area (Å²) in [5.41, 5.74) is 3.49. The average Bonchev–Trinajstić information content (AvgIpc) is 2.72. The van der Waals surface area contributed by atoms with E-state index in [-0.39, 0.29) is 17.8 Å². The van der Waals surface area contributed by atoms with E-state index in [1.165, 1.54) is 0 Å². The Labute approximate surface area is 186 Å². The van der Waals surface area contributed by atoms with Gasteiger partial charge in [-0.3, -0.25) is 9.59 Å². The summed E-state index contributed by atoms with van der Waals surface area (Å²) in [6, 6.07) is 3.91. The standard InChI is InChI=1S/C25H39NO5/c1-5-10-26-11-12-30-13-14-31-21-8-6-20(7-9-21)24(27)23(25(28)29)22-18(3)15-17(2)16-19(22)4/h15-16,20-21,23,26H,5-14H2,1-4H3,(H,28,29)/t20-,21-,23?. The van der Waals surface area contributed by atoms with Crippen molar-refractivity contribution in [3.63, 3.8) is 0 Å². The molecule has 0 amide bonds. The average molecular weight is 434 g/mol. The van der Waals surface area contributed by atoms with Gasteiger partial charge in [-0.1, -0.05) is 24.6 Å². The molecule has 0 heterocycles. The Balaban J connectivity index is 1.82. The summed E-state index contributed by atoms with van der Waals surface area (Å²) >= 11 is 0. The zero-order chi connectivity index (χ0) is 22.8. The molecule has 1 aliphatic carbocycles. The van der Waals surface area contributed by atoms with Gasteiger partial charge in [-0.05, 0) is 76.1 Å². The first-order valence-corrected chi connectivity index (χ1v) is 11.6. The number of hydrogen-bond acceptors (Lipinski definition) is 5. The molecule has 1 aliphatic rings. The van der Waals surface area contributed by atoms with Gasteiger partial charge in [0.2, 0.25) is 0 Å². The molecule has 1 unspecified atom stereocenters. The van der Waals surface area contributed by atoms with Gasteiger partial charge in [0, 0.05) is 12.5 Å². The van der Waals surface area contributed by atoms with E-state index in [4.69, 9.17) is 9.47 Å². The molecular formula is C25H39NO5. The number of aryl methyl sites for hydroxylation is 3. The maximum absolute atomic E-state index is 13.2. The highest BCUT2D eigenvalue weighted by atomic mass is 16.5. The molecule has 1 aromatic rings. The van der Waals surface area contributed by atoms with Crippen LogP contribution in [0.25, 0.3) is 0 Å². The smallest absolute Gasteiger partial charge is 0.318 e. The van der Waals surface area contributed by atoms with Crippen molar-refractivity contribution in [2.45, 2.75) is 71.8 Å². The summed E-state index contributed by atoms with van der Waals surface area (Å²) in [6.07, 6.45) is 4.17. The molecule has 0 aliphatic heterocycles. The van der Waals surface area contributed by atoms with Gasteiger partial charge in [0.15, 0.2) is 5.78 Å². The second-order valence-electron chi connectivity index (χ2n) is 8.69. The van der Waals surface area contributed by atoms with Crippen LogP contribution in [0.3, 0.4) is 0 Å². The highest BCUT2D eigenvalue weighted by molar-refractivity contribution is 6.05. The van der Waals surface area contributed by atoms with E-state index < -0.39 is 11.9 Å². The normalized spacial score (nSPS) is 19.9. The summed E-state index contributed by atoms with van der Waals surface area (Å²) in [4.78, 5) is 25.3. The summed E-state index contributed by atoms with van der Waals surface area (Å²) < 4.78 is 11.5. The van der Waals surface area contributed by atoms with Gasteiger partial charge in [-0.15, -0.1) is 0 Å². The molecule has 1 saturated carbocycles. The summed E-state index contributed by atoms with van der Waals surface area (Å²) in [6.45, 7) is 11.6. The number of carboxylic acids is 1. The lowest BCUT2D eigenvalue weighted by Crippen LogP contribution is -2.33. The topological polar surface area (TPSA) is 84.9 Å². The van der Waals surface area contributed by atoms with E-state index in [2.05, 4.69) is 12.2 Å². The molecule has 6 heteroatoms. The van der Waals surface area contributed by atoms with Gasteiger partial charge in [-0.25, -0.2) is 0 Å². The van der Waals surface area contributed by atoms with Gasteiger partial charge in [0.25, 0.3) is 0 Å². The first kappa shape index (κ1) is 25.5. The predicted molar refractivity (Wildman–Crippen MR) is 122 cm³/mol. The van der Waals surface area contributed by atoms with Gasteiger partial charge in [0.1, 0.15) is 5.92 Å².